The van der Waals surface area contributed by atoms with Gasteiger partial charge in [0.1, 0.15) is 5.02 Å². The standard InChI is InChI=1S/C13H14ClN3O2/c1-8-4-5-10(11(6-8)18-3)19-12-9(14)7-16-13(15-2)17-12/h4-7H,1-3H3,(H,15,16,17). The van der Waals surface area contributed by atoms with Crippen LogP contribution in [0.25, 0.3) is 0 Å². The quantitative estimate of drug-likeness (QED) is 0.931. The number of halogens is 1. The summed E-state index contributed by atoms with van der Waals surface area (Å²) in [6.07, 6.45) is 1.48. The molecule has 0 aliphatic rings. The second kappa shape index (κ2) is 5.75. The van der Waals surface area contributed by atoms with E-state index in [1.165, 1.54) is 6.20 Å². The molecular weight excluding hydrogens is 266 g/mol. The molecule has 1 aromatic heterocycles. The molecule has 0 radical (unpaired) electrons. The zero-order chi connectivity index (χ0) is 13.8. The van der Waals surface area contributed by atoms with E-state index in [0.717, 1.165) is 5.56 Å². The highest BCUT2D eigenvalue weighted by Crippen LogP contribution is 2.34. The summed E-state index contributed by atoms with van der Waals surface area (Å²) in [7, 11) is 3.31. The van der Waals surface area contributed by atoms with Crippen LogP contribution in [0.5, 0.6) is 17.4 Å². The maximum absolute atomic E-state index is 6.01. The number of benzene rings is 1. The summed E-state index contributed by atoms with van der Waals surface area (Å²) in [6.45, 7) is 1.98. The Bertz CT molecular complexity index is 590. The van der Waals surface area contributed by atoms with Gasteiger partial charge >= 0.3 is 0 Å². The summed E-state index contributed by atoms with van der Waals surface area (Å²) in [5, 5.41) is 3.16. The number of rotatable bonds is 4. The van der Waals surface area contributed by atoms with Crippen molar-refractivity contribution in [3.8, 4) is 17.4 Å². The summed E-state index contributed by atoms with van der Waals surface area (Å²) in [5.41, 5.74) is 1.08. The third-order valence-corrected chi connectivity index (χ3v) is 2.72. The maximum Gasteiger partial charge on any atom is 0.243 e. The van der Waals surface area contributed by atoms with E-state index in [9.17, 15) is 0 Å². The summed E-state index contributed by atoms with van der Waals surface area (Å²) >= 11 is 6.01. The Balaban J connectivity index is 2.35. The molecule has 1 heterocycles. The predicted octanol–water partition coefficient (Wildman–Crippen LogP) is 3.28. The van der Waals surface area contributed by atoms with Crippen molar-refractivity contribution >= 4 is 17.5 Å². The fourth-order valence-electron chi connectivity index (χ4n) is 1.51. The van der Waals surface area contributed by atoms with Gasteiger partial charge in [-0.2, -0.15) is 4.98 Å². The topological polar surface area (TPSA) is 56.3 Å². The molecule has 2 rings (SSSR count). The molecule has 0 amide bonds. The van der Waals surface area contributed by atoms with Gasteiger partial charge in [-0.15, -0.1) is 0 Å². The van der Waals surface area contributed by atoms with Gasteiger partial charge in [0.2, 0.25) is 11.8 Å². The normalized spacial score (nSPS) is 10.1. The molecule has 0 atom stereocenters. The third-order valence-electron chi connectivity index (χ3n) is 2.46. The van der Waals surface area contributed by atoms with Gasteiger partial charge in [0.25, 0.3) is 0 Å². The van der Waals surface area contributed by atoms with Crippen LogP contribution in [0.2, 0.25) is 5.02 Å². The number of anilines is 1. The van der Waals surface area contributed by atoms with Gasteiger partial charge in [0.05, 0.1) is 13.3 Å². The summed E-state index contributed by atoms with van der Waals surface area (Å²) in [5.74, 6) is 1.89. The first-order valence-electron chi connectivity index (χ1n) is 5.67. The average Bonchev–Trinajstić information content (AvgIpc) is 2.43. The van der Waals surface area contributed by atoms with Gasteiger partial charge in [-0.1, -0.05) is 17.7 Å². The van der Waals surface area contributed by atoms with E-state index in [0.29, 0.717) is 22.5 Å². The van der Waals surface area contributed by atoms with Crippen LogP contribution in [0.3, 0.4) is 0 Å². The molecule has 0 unspecified atom stereocenters. The van der Waals surface area contributed by atoms with Crippen LogP contribution in [0.15, 0.2) is 24.4 Å². The summed E-state index contributed by atoms with van der Waals surface area (Å²) in [6, 6.07) is 5.61. The van der Waals surface area contributed by atoms with Crippen LogP contribution in [0.1, 0.15) is 5.56 Å². The SMILES string of the molecule is CNc1ncc(Cl)c(Oc2ccc(C)cc2OC)n1. The lowest BCUT2D eigenvalue weighted by Crippen LogP contribution is -1.99. The third kappa shape index (κ3) is 3.06. The van der Waals surface area contributed by atoms with E-state index in [1.807, 2.05) is 25.1 Å². The number of ether oxygens (including phenoxy) is 2. The lowest BCUT2D eigenvalue weighted by molar-refractivity contribution is 0.374. The molecule has 100 valence electrons. The van der Waals surface area contributed by atoms with E-state index < -0.39 is 0 Å². The van der Waals surface area contributed by atoms with Gasteiger partial charge < -0.3 is 14.8 Å². The number of hydrogen-bond acceptors (Lipinski definition) is 5. The Morgan fingerprint density at radius 3 is 2.74 bits per heavy atom. The molecule has 0 bridgehead atoms. The highest BCUT2D eigenvalue weighted by molar-refractivity contribution is 6.31. The smallest absolute Gasteiger partial charge is 0.243 e. The predicted molar refractivity (Wildman–Crippen MR) is 74.4 cm³/mol. The van der Waals surface area contributed by atoms with Crippen molar-refractivity contribution in [2.24, 2.45) is 0 Å². The van der Waals surface area contributed by atoms with Crippen LogP contribution in [-0.4, -0.2) is 24.1 Å². The number of methoxy groups -OCH3 is 1. The number of nitrogens with zero attached hydrogens (tertiary/aromatic N) is 2. The molecular formula is C13H14ClN3O2. The number of nitrogens with one attached hydrogen (secondary N) is 1. The van der Waals surface area contributed by atoms with Crippen LogP contribution in [0.4, 0.5) is 5.95 Å². The average molecular weight is 280 g/mol. The minimum atomic E-state index is 0.281. The van der Waals surface area contributed by atoms with Crippen molar-refractivity contribution in [2.45, 2.75) is 6.92 Å². The lowest BCUT2D eigenvalue weighted by atomic mass is 10.2. The van der Waals surface area contributed by atoms with Gasteiger partial charge in [-0.3, -0.25) is 0 Å². The molecule has 19 heavy (non-hydrogen) atoms. The van der Waals surface area contributed by atoms with Crippen molar-refractivity contribution in [3.63, 3.8) is 0 Å². The zero-order valence-electron chi connectivity index (χ0n) is 10.9. The van der Waals surface area contributed by atoms with Crippen LogP contribution in [-0.2, 0) is 0 Å². The van der Waals surface area contributed by atoms with Crippen molar-refractivity contribution < 1.29 is 9.47 Å². The van der Waals surface area contributed by atoms with Crippen LogP contribution < -0.4 is 14.8 Å². The monoisotopic (exact) mass is 279 g/mol. The second-order valence-electron chi connectivity index (χ2n) is 3.85. The van der Waals surface area contributed by atoms with Crippen molar-refractivity contribution in [1.82, 2.24) is 9.97 Å². The Morgan fingerprint density at radius 2 is 2.05 bits per heavy atom. The molecule has 0 aliphatic carbocycles. The summed E-state index contributed by atoms with van der Waals surface area (Å²) in [4.78, 5) is 8.14. The van der Waals surface area contributed by atoms with Gasteiger partial charge in [0.15, 0.2) is 11.5 Å². The van der Waals surface area contributed by atoms with Gasteiger partial charge in [-0.25, -0.2) is 4.98 Å². The molecule has 0 saturated heterocycles. The van der Waals surface area contributed by atoms with Crippen molar-refractivity contribution in [1.29, 1.82) is 0 Å². The Labute approximate surface area is 116 Å². The minimum Gasteiger partial charge on any atom is -0.493 e. The molecule has 1 N–H and O–H groups in total. The largest absolute Gasteiger partial charge is 0.493 e. The number of aryl methyl sites for hydroxylation is 1. The summed E-state index contributed by atoms with van der Waals surface area (Å²) < 4.78 is 10.9. The van der Waals surface area contributed by atoms with Crippen molar-refractivity contribution in [3.05, 3.63) is 35.0 Å². The molecule has 0 spiro atoms. The van der Waals surface area contributed by atoms with E-state index in [2.05, 4.69) is 15.3 Å². The van der Waals surface area contributed by atoms with E-state index in [-0.39, 0.29) is 5.88 Å². The molecule has 2 aromatic rings. The first-order valence-corrected chi connectivity index (χ1v) is 6.04. The second-order valence-corrected chi connectivity index (χ2v) is 4.26. The first kappa shape index (κ1) is 13.4. The fraction of sp³-hybridized carbons (Fsp3) is 0.231. The fourth-order valence-corrected chi connectivity index (χ4v) is 1.64. The Hall–Kier alpha value is -2.01. The van der Waals surface area contributed by atoms with E-state index >= 15 is 0 Å². The highest BCUT2D eigenvalue weighted by atomic mass is 35.5. The Morgan fingerprint density at radius 1 is 1.26 bits per heavy atom. The Kier molecular flexibility index (Phi) is 4.06. The molecule has 1 aromatic carbocycles. The molecule has 0 aliphatic heterocycles. The van der Waals surface area contributed by atoms with Gasteiger partial charge in [-0.05, 0) is 24.6 Å². The molecule has 0 fully saturated rings. The van der Waals surface area contributed by atoms with Crippen LogP contribution >= 0.6 is 11.6 Å². The lowest BCUT2D eigenvalue weighted by Gasteiger charge is -2.11. The molecule has 6 heteroatoms. The van der Waals surface area contributed by atoms with E-state index in [1.54, 1.807) is 14.2 Å². The zero-order valence-corrected chi connectivity index (χ0v) is 11.7. The maximum atomic E-state index is 6.01. The van der Waals surface area contributed by atoms with Crippen LogP contribution in [0, 0.1) is 6.92 Å². The first-order chi connectivity index (χ1) is 9.13. The highest BCUT2D eigenvalue weighted by Gasteiger charge is 2.11. The number of aromatic nitrogens is 2. The van der Waals surface area contributed by atoms with Gasteiger partial charge in [0, 0.05) is 7.05 Å². The number of hydrogen-bond donors (Lipinski definition) is 1. The van der Waals surface area contributed by atoms with Crippen molar-refractivity contribution in [2.75, 3.05) is 19.5 Å². The minimum absolute atomic E-state index is 0.281. The molecule has 0 saturated carbocycles. The molecule has 5 nitrogen and oxygen atoms in total. The van der Waals surface area contributed by atoms with E-state index in [4.69, 9.17) is 21.1 Å².